The molecule has 3 nitrogen and oxygen atoms in total. The van der Waals surface area contributed by atoms with Crippen molar-refractivity contribution in [2.45, 2.75) is 25.8 Å². The molecule has 0 aromatic carbocycles. The number of hydrogen-bond acceptors (Lipinski definition) is 3. The summed E-state index contributed by atoms with van der Waals surface area (Å²) in [6.45, 7) is 5.75. The number of carbonyl (C=O) groups is 1. The smallest absolute Gasteiger partial charge is 0.323 e. The maximum atomic E-state index is 11.1. The van der Waals surface area contributed by atoms with Gasteiger partial charge in [-0.2, -0.15) is 0 Å². The standard InChI is InChI=1S/C9H15NO2/c1-6(2)9(4-5-9)7(10)8(11)12-3/h7H,1,4-5,10H2,2-3H3. The van der Waals surface area contributed by atoms with E-state index in [0.717, 1.165) is 18.4 Å². The molecule has 1 fully saturated rings. The Morgan fingerprint density at radius 1 is 1.67 bits per heavy atom. The monoisotopic (exact) mass is 169 g/mol. The van der Waals surface area contributed by atoms with E-state index in [9.17, 15) is 4.79 Å². The van der Waals surface area contributed by atoms with Gasteiger partial charge in [0, 0.05) is 5.41 Å². The summed E-state index contributed by atoms with van der Waals surface area (Å²) in [7, 11) is 1.36. The van der Waals surface area contributed by atoms with Crippen molar-refractivity contribution >= 4 is 5.97 Å². The quantitative estimate of drug-likeness (QED) is 0.503. The van der Waals surface area contributed by atoms with Crippen LogP contribution in [0.3, 0.4) is 0 Å². The first-order valence-corrected chi connectivity index (χ1v) is 4.04. The first-order chi connectivity index (χ1) is 5.54. The molecule has 2 N–H and O–H groups in total. The maximum Gasteiger partial charge on any atom is 0.323 e. The molecule has 1 aliphatic rings. The second kappa shape index (κ2) is 2.90. The number of methoxy groups -OCH3 is 1. The first-order valence-electron chi connectivity index (χ1n) is 4.04. The van der Waals surface area contributed by atoms with Crippen molar-refractivity contribution in [2.75, 3.05) is 7.11 Å². The molecule has 0 aromatic rings. The number of nitrogens with two attached hydrogens (primary N) is 1. The predicted molar refractivity (Wildman–Crippen MR) is 46.5 cm³/mol. The molecule has 0 radical (unpaired) electrons. The molecule has 0 aliphatic heterocycles. The van der Waals surface area contributed by atoms with Gasteiger partial charge in [-0.15, -0.1) is 0 Å². The summed E-state index contributed by atoms with van der Waals surface area (Å²) in [5.74, 6) is -0.338. The second-order valence-electron chi connectivity index (χ2n) is 3.44. The average molecular weight is 169 g/mol. The molecule has 0 amide bonds. The van der Waals surface area contributed by atoms with E-state index < -0.39 is 6.04 Å². The van der Waals surface area contributed by atoms with Gasteiger partial charge in [-0.1, -0.05) is 12.2 Å². The van der Waals surface area contributed by atoms with Crippen molar-refractivity contribution in [1.82, 2.24) is 0 Å². The van der Waals surface area contributed by atoms with Gasteiger partial charge >= 0.3 is 5.97 Å². The molecular formula is C9H15NO2. The number of hydrogen-bond donors (Lipinski definition) is 1. The van der Waals surface area contributed by atoms with Crippen molar-refractivity contribution in [3.05, 3.63) is 12.2 Å². The molecule has 1 unspecified atom stereocenters. The van der Waals surface area contributed by atoms with Crippen LogP contribution in [0.1, 0.15) is 19.8 Å². The van der Waals surface area contributed by atoms with Gasteiger partial charge in [0.05, 0.1) is 7.11 Å². The third-order valence-electron chi connectivity index (χ3n) is 2.69. The van der Waals surface area contributed by atoms with Crippen LogP contribution in [0, 0.1) is 5.41 Å². The van der Waals surface area contributed by atoms with E-state index in [1.807, 2.05) is 6.92 Å². The van der Waals surface area contributed by atoms with Crippen LogP contribution >= 0.6 is 0 Å². The molecule has 0 heterocycles. The summed E-state index contributed by atoms with van der Waals surface area (Å²) in [4.78, 5) is 11.1. The number of carbonyl (C=O) groups excluding carboxylic acids is 1. The van der Waals surface area contributed by atoms with Gasteiger partial charge in [0.25, 0.3) is 0 Å². The zero-order valence-electron chi connectivity index (χ0n) is 7.59. The van der Waals surface area contributed by atoms with Gasteiger partial charge in [-0.05, 0) is 19.8 Å². The highest BCUT2D eigenvalue weighted by Gasteiger charge is 2.51. The fourth-order valence-electron chi connectivity index (χ4n) is 1.49. The molecule has 0 spiro atoms. The van der Waals surface area contributed by atoms with Gasteiger partial charge in [0.15, 0.2) is 0 Å². The lowest BCUT2D eigenvalue weighted by atomic mass is 9.90. The highest BCUT2D eigenvalue weighted by molar-refractivity contribution is 5.78. The Hall–Kier alpha value is -0.830. The number of rotatable bonds is 3. The molecule has 0 saturated heterocycles. The van der Waals surface area contributed by atoms with E-state index in [0.29, 0.717) is 0 Å². The van der Waals surface area contributed by atoms with Crippen LogP contribution in [0.15, 0.2) is 12.2 Å². The molecule has 1 saturated carbocycles. The lowest BCUT2D eigenvalue weighted by molar-refractivity contribution is -0.143. The van der Waals surface area contributed by atoms with E-state index in [2.05, 4.69) is 11.3 Å². The third kappa shape index (κ3) is 1.25. The van der Waals surface area contributed by atoms with Crippen molar-refractivity contribution in [3.8, 4) is 0 Å². The fourth-order valence-corrected chi connectivity index (χ4v) is 1.49. The van der Waals surface area contributed by atoms with Gasteiger partial charge in [0.2, 0.25) is 0 Å². The van der Waals surface area contributed by atoms with Gasteiger partial charge in [-0.25, -0.2) is 0 Å². The summed E-state index contributed by atoms with van der Waals surface area (Å²) >= 11 is 0. The SMILES string of the molecule is C=C(C)C1(C(N)C(=O)OC)CC1. The Balaban J connectivity index is 2.69. The third-order valence-corrected chi connectivity index (χ3v) is 2.69. The molecule has 0 bridgehead atoms. The Kier molecular flexibility index (Phi) is 2.24. The highest BCUT2D eigenvalue weighted by atomic mass is 16.5. The molecule has 3 heteroatoms. The molecular weight excluding hydrogens is 154 g/mol. The molecule has 1 atom stereocenters. The summed E-state index contributed by atoms with van der Waals surface area (Å²) in [6.07, 6.45) is 1.91. The predicted octanol–water partition coefficient (Wildman–Crippen LogP) is 0.843. The molecule has 1 rings (SSSR count). The lowest BCUT2D eigenvalue weighted by Crippen LogP contribution is -2.40. The Labute approximate surface area is 72.6 Å². The summed E-state index contributed by atoms with van der Waals surface area (Å²) < 4.78 is 4.58. The van der Waals surface area contributed by atoms with E-state index >= 15 is 0 Å². The lowest BCUT2D eigenvalue weighted by Gasteiger charge is -2.20. The van der Waals surface area contributed by atoms with Crippen molar-refractivity contribution in [3.63, 3.8) is 0 Å². The topological polar surface area (TPSA) is 52.3 Å². The Morgan fingerprint density at radius 3 is 2.42 bits per heavy atom. The van der Waals surface area contributed by atoms with Crippen LogP contribution in [0.2, 0.25) is 0 Å². The van der Waals surface area contributed by atoms with Crippen molar-refractivity contribution in [2.24, 2.45) is 11.1 Å². The molecule has 0 aromatic heterocycles. The van der Waals surface area contributed by atoms with Crippen molar-refractivity contribution in [1.29, 1.82) is 0 Å². The van der Waals surface area contributed by atoms with Crippen LogP contribution in [0.25, 0.3) is 0 Å². The number of ether oxygens (including phenoxy) is 1. The minimum atomic E-state index is -0.528. The summed E-state index contributed by atoms with van der Waals surface area (Å²) in [5, 5.41) is 0. The second-order valence-corrected chi connectivity index (χ2v) is 3.44. The summed E-state index contributed by atoms with van der Waals surface area (Å²) in [6, 6.07) is -0.528. The van der Waals surface area contributed by atoms with Crippen LogP contribution in [-0.2, 0) is 9.53 Å². The highest BCUT2D eigenvalue weighted by Crippen LogP contribution is 2.53. The average Bonchev–Trinajstić information content (AvgIpc) is 2.81. The van der Waals surface area contributed by atoms with Gasteiger partial charge in [-0.3, -0.25) is 4.79 Å². The summed E-state index contributed by atoms with van der Waals surface area (Å²) in [5.41, 5.74) is 6.56. The van der Waals surface area contributed by atoms with Crippen LogP contribution < -0.4 is 5.73 Å². The Morgan fingerprint density at radius 2 is 2.17 bits per heavy atom. The Bertz CT molecular complexity index is 219. The van der Waals surface area contributed by atoms with E-state index in [-0.39, 0.29) is 11.4 Å². The van der Waals surface area contributed by atoms with Crippen molar-refractivity contribution < 1.29 is 9.53 Å². The van der Waals surface area contributed by atoms with Crippen LogP contribution in [0.5, 0.6) is 0 Å². The normalized spacial score (nSPS) is 21.2. The fraction of sp³-hybridized carbons (Fsp3) is 0.667. The zero-order chi connectivity index (χ0) is 9.35. The van der Waals surface area contributed by atoms with Gasteiger partial charge in [0.1, 0.15) is 6.04 Å². The van der Waals surface area contributed by atoms with E-state index in [1.165, 1.54) is 7.11 Å². The molecule has 1 aliphatic carbocycles. The van der Waals surface area contributed by atoms with E-state index in [1.54, 1.807) is 0 Å². The van der Waals surface area contributed by atoms with Crippen LogP contribution in [0.4, 0.5) is 0 Å². The minimum absolute atomic E-state index is 0.160. The van der Waals surface area contributed by atoms with Crippen LogP contribution in [-0.4, -0.2) is 19.1 Å². The maximum absolute atomic E-state index is 11.1. The minimum Gasteiger partial charge on any atom is -0.468 e. The molecule has 68 valence electrons. The molecule has 12 heavy (non-hydrogen) atoms. The first kappa shape index (κ1) is 9.26. The largest absolute Gasteiger partial charge is 0.468 e. The van der Waals surface area contributed by atoms with E-state index in [4.69, 9.17) is 5.73 Å². The number of esters is 1. The van der Waals surface area contributed by atoms with Gasteiger partial charge < -0.3 is 10.5 Å². The zero-order valence-corrected chi connectivity index (χ0v) is 7.59.